The fraction of sp³-hybridized carbons (Fsp3) is 0.556. The van der Waals surface area contributed by atoms with E-state index >= 15 is 0 Å². The number of rotatable bonds is 2. The second-order valence-corrected chi connectivity index (χ2v) is 3.01. The highest BCUT2D eigenvalue weighted by Crippen LogP contribution is 2.32. The summed E-state index contributed by atoms with van der Waals surface area (Å²) in [4.78, 5) is 0. The summed E-state index contributed by atoms with van der Waals surface area (Å²) in [7, 11) is 0. The minimum atomic E-state index is -4.37. The van der Waals surface area contributed by atoms with Gasteiger partial charge in [-0.25, -0.2) is 0 Å². The molecule has 1 nitrogen and oxygen atoms in total. The molecule has 74 valence electrons. The first kappa shape index (κ1) is 10.2. The molecule has 1 heterocycles. The van der Waals surface area contributed by atoms with Gasteiger partial charge in [0.2, 0.25) is 5.76 Å². The van der Waals surface area contributed by atoms with Crippen LogP contribution in [0.3, 0.4) is 0 Å². The molecule has 0 aliphatic rings. The van der Waals surface area contributed by atoms with Gasteiger partial charge < -0.3 is 4.42 Å². The summed E-state index contributed by atoms with van der Waals surface area (Å²) in [6.45, 7) is 3.74. The van der Waals surface area contributed by atoms with Crippen molar-refractivity contribution in [1.29, 1.82) is 0 Å². The fourth-order valence-corrected chi connectivity index (χ4v) is 0.971. The summed E-state index contributed by atoms with van der Waals surface area (Å²) in [5.74, 6) is -0.478. The molecule has 0 saturated heterocycles. The first-order valence-electron chi connectivity index (χ1n) is 4.12. The summed E-state index contributed by atoms with van der Waals surface area (Å²) in [6.07, 6.45) is -3.60. The van der Waals surface area contributed by atoms with Crippen LogP contribution in [0.25, 0.3) is 0 Å². The van der Waals surface area contributed by atoms with Crippen LogP contribution in [-0.4, -0.2) is 0 Å². The molecule has 0 N–H and O–H groups in total. The van der Waals surface area contributed by atoms with Gasteiger partial charge in [0, 0.05) is 5.92 Å². The summed E-state index contributed by atoms with van der Waals surface area (Å²) in [6, 6.07) is 2.36. The van der Waals surface area contributed by atoms with E-state index in [1.165, 1.54) is 6.07 Å². The van der Waals surface area contributed by atoms with Crippen LogP contribution in [-0.2, 0) is 6.18 Å². The molecule has 13 heavy (non-hydrogen) atoms. The van der Waals surface area contributed by atoms with Crippen molar-refractivity contribution in [2.45, 2.75) is 32.4 Å². The SMILES string of the molecule is CCC(C)c1ccc(C(F)(F)F)o1. The lowest BCUT2D eigenvalue weighted by Crippen LogP contribution is -2.02. The average molecular weight is 192 g/mol. The van der Waals surface area contributed by atoms with E-state index in [9.17, 15) is 13.2 Å². The third kappa shape index (κ3) is 2.26. The zero-order valence-electron chi connectivity index (χ0n) is 7.48. The van der Waals surface area contributed by atoms with E-state index in [2.05, 4.69) is 4.42 Å². The smallest absolute Gasteiger partial charge is 0.449 e. The standard InChI is InChI=1S/C9H11F3O/c1-3-6(2)7-4-5-8(13-7)9(10,11)12/h4-6H,3H2,1-2H3. The molecule has 0 aromatic carbocycles. The van der Waals surface area contributed by atoms with Gasteiger partial charge in [0.15, 0.2) is 0 Å². The molecule has 1 rings (SSSR count). The monoisotopic (exact) mass is 192 g/mol. The van der Waals surface area contributed by atoms with Crippen molar-refractivity contribution in [2.75, 3.05) is 0 Å². The Bertz CT molecular complexity index is 275. The van der Waals surface area contributed by atoms with Gasteiger partial charge in [-0.15, -0.1) is 0 Å². The van der Waals surface area contributed by atoms with E-state index in [1.807, 2.05) is 13.8 Å². The molecule has 1 aromatic heterocycles. The molecule has 0 aliphatic heterocycles. The molecule has 1 aromatic rings. The first-order chi connectivity index (χ1) is 5.95. The Balaban J connectivity index is 2.87. The molecular formula is C9H11F3O. The Hall–Kier alpha value is -0.930. The molecule has 0 aliphatic carbocycles. The fourth-order valence-electron chi connectivity index (χ4n) is 0.971. The Morgan fingerprint density at radius 2 is 2.00 bits per heavy atom. The Kier molecular flexibility index (Phi) is 2.68. The van der Waals surface area contributed by atoms with Crippen LogP contribution >= 0.6 is 0 Å². The van der Waals surface area contributed by atoms with Crippen molar-refractivity contribution in [3.63, 3.8) is 0 Å². The van der Waals surface area contributed by atoms with E-state index in [4.69, 9.17) is 0 Å². The average Bonchev–Trinajstić information content (AvgIpc) is 2.50. The minimum Gasteiger partial charge on any atom is -0.456 e. The van der Waals surface area contributed by atoms with Crippen LogP contribution in [0.4, 0.5) is 13.2 Å². The van der Waals surface area contributed by atoms with E-state index in [1.54, 1.807) is 0 Å². The lowest BCUT2D eigenvalue weighted by Gasteiger charge is -2.04. The summed E-state index contributed by atoms with van der Waals surface area (Å²) < 4.78 is 40.9. The Morgan fingerprint density at radius 1 is 1.38 bits per heavy atom. The highest BCUT2D eigenvalue weighted by Gasteiger charge is 2.34. The van der Waals surface area contributed by atoms with Crippen molar-refractivity contribution >= 4 is 0 Å². The van der Waals surface area contributed by atoms with Crippen LogP contribution < -0.4 is 0 Å². The summed E-state index contributed by atoms with van der Waals surface area (Å²) >= 11 is 0. The largest absolute Gasteiger partial charge is 0.456 e. The molecule has 0 spiro atoms. The van der Waals surface area contributed by atoms with Crippen LogP contribution in [0, 0.1) is 0 Å². The van der Waals surface area contributed by atoms with Crippen molar-refractivity contribution in [2.24, 2.45) is 0 Å². The lowest BCUT2D eigenvalue weighted by atomic mass is 10.1. The zero-order valence-corrected chi connectivity index (χ0v) is 7.48. The number of hydrogen-bond acceptors (Lipinski definition) is 1. The van der Waals surface area contributed by atoms with Crippen molar-refractivity contribution in [3.8, 4) is 0 Å². The van der Waals surface area contributed by atoms with Crippen molar-refractivity contribution < 1.29 is 17.6 Å². The van der Waals surface area contributed by atoms with E-state index < -0.39 is 11.9 Å². The maximum Gasteiger partial charge on any atom is 0.449 e. The van der Waals surface area contributed by atoms with Gasteiger partial charge in [-0.1, -0.05) is 13.8 Å². The third-order valence-corrected chi connectivity index (χ3v) is 2.00. The van der Waals surface area contributed by atoms with E-state index in [-0.39, 0.29) is 5.92 Å². The molecule has 1 unspecified atom stereocenters. The second kappa shape index (κ2) is 3.44. The minimum absolute atomic E-state index is 0.0381. The highest BCUT2D eigenvalue weighted by atomic mass is 19.4. The van der Waals surface area contributed by atoms with Crippen LogP contribution in [0.15, 0.2) is 16.5 Å². The predicted molar refractivity (Wildman–Crippen MR) is 42.4 cm³/mol. The molecular weight excluding hydrogens is 181 g/mol. The Labute approximate surface area is 74.5 Å². The molecule has 0 saturated carbocycles. The third-order valence-electron chi connectivity index (χ3n) is 2.00. The zero-order chi connectivity index (χ0) is 10.1. The van der Waals surface area contributed by atoms with Gasteiger partial charge in [-0.2, -0.15) is 13.2 Å². The first-order valence-corrected chi connectivity index (χ1v) is 4.12. The number of alkyl halides is 3. The summed E-state index contributed by atoms with van der Waals surface area (Å²) in [5.41, 5.74) is 0. The maximum absolute atomic E-state index is 12.1. The normalized spacial score (nSPS) is 14.5. The highest BCUT2D eigenvalue weighted by molar-refractivity contribution is 5.12. The van der Waals surface area contributed by atoms with Gasteiger partial charge in [0.1, 0.15) is 5.76 Å². The number of furan rings is 1. The topological polar surface area (TPSA) is 13.1 Å². The lowest BCUT2D eigenvalue weighted by molar-refractivity contribution is -0.153. The van der Waals surface area contributed by atoms with Crippen LogP contribution in [0.5, 0.6) is 0 Å². The quantitative estimate of drug-likeness (QED) is 0.694. The van der Waals surface area contributed by atoms with Gasteiger partial charge >= 0.3 is 6.18 Å². The molecule has 0 fully saturated rings. The van der Waals surface area contributed by atoms with Gasteiger partial charge in [-0.3, -0.25) is 0 Å². The molecule has 1 atom stereocenters. The van der Waals surface area contributed by atoms with Gasteiger partial charge in [0.05, 0.1) is 0 Å². The number of halogens is 3. The summed E-state index contributed by atoms with van der Waals surface area (Å²) in [5, 5.41) is 0. The van der Waals surface area contributed by atoms with E-state index in [0.29, 0.717) is 5.76 Å². The van der Waals surface area contributed by atoms with E-state index in [0.717, 1.165) is 12.5 Å². The molecule has 0 amide bonds. The maximum atomic E-state index is 12.1. The van der Waals surface area contributed by atoms with Crippen LogP contribution in [0.2, 0.25) is 0 Å². The van der Waals surface area contributed by atoms with Crippen molar-refractivity contribution in [3.05, 3.63) is 23.7 Å². The van der Waals surface area contributed by atoms with Gasteiger partial charge in [-0.05, 0) is 18.6 Å². The molecule has 4 heteroatoms. The molecule has 0 bridgehead atoms. The van der Waals surface area contributed by atoms with Crippen molar-refractivity contribution in [1.82, 2.24) is 0 Å². The molecule has 0 radical (unpaired) electrons. The second-order valence-electron chi connectivity index (χ2n) is 3.01. The van der Waals surface area contributed by atoms with Gasteiger partial charge in [0.25, 0.3) is 0 Å². The van der Waals surface area contributed by atoms with Crippen LogP contribution in [0.1, 0.15) is 37.7 Å². The Morgan fingerprint density at radius 3 is 2.38 bits per heavy atom. The predicted octanol–water partition coefficient (Wildman–Crippen LogP) is 3.81. The number of hydrogen-bond donors (Lipinski definition) is 0.